The quantitative estimate of drug-likeness (QED) is 0.758. The van der Waals surface area contributed by atoms with Crippen LogP contribution in [0.2, 0.25) is 0 Å². The highest BCUT2D eigenvalue weighted by Gasteiger charge is 2.22. The number of thiophene rings is 1. The zero-order chi connectivity index (χ0) is 15.4. The Morgan fingerprint density at radius 1 is 1.50 bits per heavy atom. The van der Waals surface area contributed by atoms with Gasteiger partial charge in [0.15, 0.2) is 0 Å². The third-order valence-electron chi connectivity index (χ3n) is 3.86. The molecule has 0 aromatic carbocycles. The van der Waals surface area contributed by atoms with Crippen LogP contribution in [-0.2, 0) is 11.3 Å². The lowest BCUT2D eigenvalue weighted by Gasteiger charge is -2.16. The van der Waals surface area contributed by atoms with Gasteiger partial charge in [0.05, 0.1) is 18.3 Å². The first-order valence-corrected chi connectivity index (χ1v) is 9.27. The third kappa shape index (κ3) is 3.67. The summed E-state index contributed by atoms with van der Waals surface area (Å²) in [7, 11) is 1.84. The summed E-state index contributed by atoms with van der Waals surface area (Å²) in [6.07, 6.45) is 4.73. The van der Waals surface area contributed by atoms with E-state index in [0.717, 1.165) is 18.0 Å². The van der Waals surface area contributed by atoms with Crippen molar-refractivity contribution in [1.82, 2.24) is 25.1 Å². The molecule has 0 atom stereocenters. The molecule has 1 aliphatic rings. The molecule has 0 aliphatic heterocycles. The molecule has 1 saturated carbocycles. The lowest BCUT2D eigenvalue weighted by atomic mass is 10.3. The third-order valence-corrected chi connectivity index (χ3v) is 5.64. The molecule has 8 heteroatoms. The molecule has 3 rings (SSSR count). The summed E-state index contributed by atoms with van der Waals surface area (Å²) >= 11 is 3.10. The van der Waals surface area contributed by atoms with Crippen molar-refractivity contribution in [1.29, 1.82) is 0 Å². The molecule has 1 fully saturated rings. The Kier molecular flexibility index (Phi) is 5.09. The molecule has 0 spiro atoms. The predicted molar refractivity (Wildman–Crippen MR) is 86.8 cm³/mol. The minimum absolute atomic E-state index is 0.0966. The first-order valence-electron chi connectivity index (χ1n) is 7.41. The lowest BCUT2D eigenvalue weighted by Crippen LogP contribution is -2.27. The van der Waals surface area contributed by atoms with Crippen molar-refractivity contribution in [3.8, 4) is 0 Å². The van der Waals surface area contributed by atoms with Crippen LogP contribution in [0, 0.1) is 0 Å². The maximum Gasteiger partial charge on any atom is 0.233 e. The summed E-state index contributed by atoms with van der Waals surface area (Å²) in [6, 6.07) is 4.45. The molecular formula is C14H19N5OS2. The van der Waals surface area contributed by atoms with E-state index in [1.165, 1.54) is 29.5 Å². The van der Waals surface area contributed by atoms with Crippen LogP contribution in [0.15, 0.2) is 22.7 Å². The molecule has 0 radical (unpaired) electrons. The van der Waals surface area contributed by atoms with Gasteiger partial charge < -0.3 is 4.90 Å². The first kappa shape index (κ1) is 15.5. The summed E-state index contributed by atoms with van der Waals surface area (Å²) in [5, 5.41) is 14.7. The molecule has 2 aromatic heterocycles. The van der Waals surface area contributed by atoms with Crippen LogP contribution in [0.3, 0.4) is 0 Å². The molecule has 118 valence electrons. The van der Waals surface area contributed by atoms with Crippen molar-refractivity contribution < 1.29 is 4.79 Å². The molecule has 22 heavy (non-hydrogen) atoms. The molecule has 0 bridgehead atoms. The van der Waals surface area contributed by atoms with Gasteiger partial charge in [-0.3, -0.25) is 4.79 Å². The van der Waals surface area contributed by atoms with E-state index in [4.69, 9.17) is 0 Å². The summed E-state index contributed by atoms with van der Waals surface area (Å²) < 4.78 is 1.89. The number of carbonyl (C=O) groups is 1. The van der Waals surface area contributed by atoms with Crippen molar-refractivity contribution in [2.24, 2.45) is 0 Å². The van der Waals surface area contributed by atoms with Crippen LogP contribution >= 0.6 is 23.1 Å². The van der Waals surface area contributed by atoms with Crippen LogP contribution in [0.25, 0.3) is 0 Å². The minimum atomic E-state index is 0.0966. The van der Waals surface area contributed by atoms with E-state index in [2.05, 4.69) is 15.5 Å². The Morgan fingerprint density at radius 2 is 2.32 bits per heavy atom. The van der Waals surface area contributed by atoms with Gasteiger partial charge in [0.25, 0.3) is 0 Å². The zero-order valence-corrected chi connectivity index (χ0v) is 14.1. The first-order chi connectivity index (χ1) is 10.7. The average molecular weight is 337 g/mol. The molecule has 6 nitrogen and oxygen atoms in total. The highest BCUT2D eigenvalue weighted by molar-refractivity contribution is 7.99. The highest BCUT2D eigenvalue weighted by atomic mass is 32.2. The summed E-state index contributed by atoms with van der Waals surface area (Å²) in [5.41, 5.74) is 0. The van der Waals surface area contributed by atoms with Gasteiger partial charge in [-0.1, -0.05) is 30.7 Å². The van der Waals surface area contributed by atoms with Crippen molar-refractivity contribution in [2.75, 3.05) is 12.8 Å². The standard InChI is InChI=1S/C14H19N5OS2/c1-18(9-12-7-4-8-21-12)13(20)10-22-14-15-16-17-19(14)11-5-2-3-6-11/h4,7-8,11H,2-3,5-6,9-10H2,1H3. The molecular weight excluding hydrogens is 318 g/mol. The largest absolute Gasteiger partial charge is 0.340 e. The van der Waals surface area contributed by atoms with Crippen molar-refractivity contribution in [2.45, 2.75) is 43.4 Å². The molecule has 0 unspecified atom stereocenters. The van der Waals surface area contributed by atoms with Gasteiger partial charge in [-0.2, -0.15) is 0 Å². The molecule has 2 heterocycles. The van der Waals surface area contributed by atoms with Gasteiger partial charge in [0, 0.05) is 11.9 Å². The van der Waals surface area contributed by atoms with Crippen LogP contribution in [0.4, 0.5) is 0 Å². The zero-order valence-electron chi connectivity index (χ0n) is 12.5. The lowest BCUT2D eigenvalue weighted by molar-refractivity contribution is -0.127. The van der Waals surface area contributed by atoms with Crippen molar-refractivity contribution in [3.63, 3.8) is 0 Å². The maximum atomic E-state index is 12.2. The number of tetrazole rings is 1. The average Bonchev–Trinajstić information content (AvgIpc) is 3.25. The van der Waals surface area contributed by atoms with Gasteiger partial charge in [-0.15, -0.1) is 16.4 Å². The normalized spacial score (nSPS) is 15.3. The molecule has 0 N–H and O–H groups in total. The smallest absolute Gasteiger partial charge is 0.233 e. The fraction of sp³-hybridized carbons (Fsp3) is 0.571. The number of hydrogen-bond donors (Lipinski definition) is 0. The fourth-order valence-electron chi connectivity index (χ4n) is 2.62. The summed E-state index contributed by atoms with van der Waals surface area (Å²) in [6.45, 7) is 0.657. The monoisotopic (exact) mass is 337 g/mol. The van der Waals surface area contributed by atoms with Gasteiger partial charge in [-0.05, 0) is 34.7 Å². The second-order valence-corrected chi connectivity index (χ2v) is 7.44. The van der Waals surface area contributed by atoms with E-state index in [1.807, 2.05) is 29.2 Å². The van der Waals surface area contributed by atoms with Gasteiger partial charge in [-0.25, -0.2) is 4.68 Å². The number of amides is 1. The van der Waals surface area contributed by atoms with E-state index in [9.17, 15) is 4.79 Å². The molecule has 1 amide bonds. The molecule has 1 aliphatic carbocycles. The van der Waals surface area contributed by atoms with Crippen LogP contribution in [-0.4, -0.2) is 43.8 Å². The number of hydrogen-bond acceptors (Lipinski definition) is 6. The van der Waals surface area contributed by atoms with Gasteiger partial charge >= 0.3 is 0 Å². The summed E-state index contributed by atoms with van der Waals surface area (Å²) in [4.78, 5) is 15.2. The molecule has 2 aromatic rings. The van der Waals surface area contributed by atoms with Crippen LogP contribution in [0.5, 0.6) is 0 Å². The number of rotatable bonds is 6. The maximum absolute atomic E-state index is 12.2. The predicted octanol–water partition coefficient (Wildman–Crippen LogP) is 2.60. The number of carbonyl (C=O) groups excluding carboxylic acids is 1. The van der Waals surface area contributed by atoms with Crippen molar-refractivity contribution >= 4 is 29.0 Å². The van der Waals surface area contributed by atoms with E-state index in [1.54, 1.807) is 16.2 Å². The van der Waals surface area contributed by atoms with Crippen LogP contribution in [0.1, 0.15) is 36.6 Å². The summed E-state index contributed by atoms with van der Waals surface area (Å²) in [5.74, 6) is 0.467. The van der Waals surface area contributed by atoms with E-state index in [-0.39, 0.29) is 5.91 Å². The highest BCUT2D eigenvalue weighted by Crippen LogP contribution is 2.31. The fourth-order valence-corrected chi connectivity index (χ4v) is 4.26. The van der Waals surface area contributed by atoms with Gasteiger partial charge in [0.1, 0.15) is 0 Å². The van der Waals surface area contributed by atoms with E-state index < -0.39 is 0 Å². The second-order valence-electron chi connectivity index (χ2n) is 5.46. The Bertz CT molecular complexity index is 607. The van der Waals surface area contributed by atoms with Crippen LogP contribution < -0.4 is 0 Å². The SMILES string of the molecule is CN(Cc1cccs1)C(=O)CSc1nnnn1C1CCCC1. The minimum Gasteiger partial charge on any atom is -0.340 e. The second kappa shape index (κ2) is 7.23. The van der Waals surface area contributed by atoms with E-state index >= 15 is 0 Å². The number of thioether (sulfide) groups is 1. The molecule has 0 saturated heterocycles. The van der Waals surface area contributed by atoms with Crippen molar-refractivity contribution in [3.05, 3.63) is 22.4 Å². The Hall–Kier alpha value is -1.41. The Labute approximate surface area is 137 Å². The Balaban J connectivity index is 1.53. The number of aromatic nitrogens is 4. The topological polar surface area (TPSA) is 63.9 Å². The van der Waals surface area contributed by atoms with E-state index in [0.29, 0.717) is 18.3 Å². The van der Waals surface area contributed by atoms with Gasteiger partial charge in [0.2, 0.25) is 11.1 Å². The number of nitrogens with zero attached hydrogens (tertiary/aromatic N) is 5. The Morgan fingerprint density at radius 3 is 3.05 bits per heavy atom.